The molecule has 0 aromatic heterocycles. The molecule has 0 bridgehead atoms. The Labute approximate surface area is 121 Å². The summed E-state index contributed by atoms with van der Waals surface area (Å²) in [5.74, 6) is 1.19. The third-order valence-corrected chi connectivity index (χ3v) is 5.81. The third-order valence-electron chi connectivity index (χ3n) is 4.06. The van der Waals surface area contributed by atoms with E-state index < -0.39 is 0 Å². The van der Waals surface area contributed by atoms with E-state index in [2.05, 4.69) is 35.8 Å². The molecule has 1 saturated heterocycles. The number of nitrogens with zero attached hydrogens (tertiary/aromatic N) is 1. The second-order valence-corrected chi connectivity index (χ2v) is 8.32. The number of hydrogen-bond acceptors (Lipinski definition) is 2. The molecular formula is C14H26N2S2. The van der Waals surface area contributed by atoms with Gasteiger partial charge in [-0.1, -0.05) is 33.1 Å². The minimum Gasteiger partial charge on any atom is -0.360 e. The van der Waals surface area contributed by atoms with Gasteiger partial charge in [0.15, 0.2) is 5.11 Å². The lowest BCUT2D eigenvalue weighted by atomic mass is 9.96. The number of thioether (sulfide) groups is 1. The van der Waals surface area contributed by atoms with E-state index in [1.807, 2.05) is 0 Å². The summed E-state index contributed by atoms with van der Waals surface area (Å²) in [7, 11) is 0. The van der Waals surface area contributed by atoms with Gasteiger partial charge in [-0.2, -0.15) is 11.8 Å². The van der Waals surface area contributed by atoms with Gasteiger partial charge in [-0.3, -0.25) is 0 Å². The first-order chi connectivity index (χ1) is 8.57. The van der Waals surface area contributed by atoms with Crippen LogP contribution in [0.25, 0.3) is 0 Å². The van der Waals surface area contributed by atoms with Gasteiger partial charge < -0.3 is 10.2 Å². The second kappa shape index (κ2) is 6.47. The molecule has 0 radical (unpaired) electrons. The maximum Gasteiger partial charge on any atom is 0.169 e. The molecule has 4 heteroatoms. The maximum absolute atomic E-state index is 5.60. The Morgan fingerprint density at radius 1 is 1.22 bits per heavy atom. The lowest BCUT2D eigenvalue weighted by molar-refractivity contribution is 0.374. The lowest BCUT2D eigenvalue weighted by Crippen LogP contribution is -2.46. The van der Waals surface area contributed by atoms with E-state index in [0.717, 1.165) is 18.2 Å². The van der Waals surface area contributed by atoms with Crippen molar-refractivity contribution in [2.45, 2.75) is 63.2 Å². The molecule has 2 fully saturated rings. The summed E-state index contributed by atoms with van der Waals surface area (Å²) >= 11 is 7.67. The van der Waals surface area contributed by atoms with E-state index in [9.17, 15) is 0 Å². The molecule has 0 aromatic carbocycles. The van der Waals surface area contributed by atoms with E-state index in [-0.39, 0.29) is 0 Å². The van der Waals surface area contributed by atoms with E-state index in [0.29, 0.717) is 10.8 Å². The van der Waals surface area contributed by atoms with Gasteiger partial charge in [0.25, 0.3) is 0 Å². The van der Waals surface area contributed by atoms with Gasteiger partial charge in [-0.05, 0) is 31.5 Å². The van der Waals surface area contributed by atoms with Crippen LogP contribution in [0.3, 0.4) is 0 Å². The molecule has 0 amide bonds. The Hall–Kier alpha value is 0.0400. The quantitative estimate of drug-likeness (QED) is 0.743. The molecule has 2 rings (SSSR count). The van der Waals surface area contributed by atoms with Crippen LogP contribution in [0.5, 0.6) is 0 Å². The topological polar surface area (TPSA) is 15.3 Å². The van der Waals surface area contributed by atoms with Crippen LogP contribution in [0.4, 0.5) is 0 Å². The van der Waals surface area contributed by atoms with Crippen molar-refractivity contribution < 1.29 is 0 Å². The van der Waals surface area contributed by atoms with Crippen molar-refractivity contribution in [3.05, 3.63) is 0 Å². The van der Waals surface area contributed by atoms with Crippen LogP contribution in [-0.2, 0) is 0 Å². The molecule has 104 valence electrons. The summed E-state index contributed by atoms with van der Waals surface area (Å²) in [6.45, 7) is 6.91. The minimum atomic E-state index is 0.412. The summed E-state index contributed by atoms with van der Waals surface area (Å²) in [4.78, 5) is 2.38. The predicted octanol–water partition coefficient (Wildman–Crippen LogP) is 3.41. The van der Waals surface area contributed by atoms with Crippen molar-refractivity contribution in [2.75, 3.05) is 18.8 Å². The zero-order chi connectivity index (χ0) is 13.0. The van der Waals surface area contributed by atoms with Crippen molar-refractivity contribution in [3.63, 3.8) is 0 Å². The van der Waals surface area contributed by atoms with E-state index in [1.165, 1.54) is 44.3 Å². The molecule has 18 heavy (non-hydrogen) atoms. The van der Waals surface area contributed by atoms with Crippen molar-refractivity contribution >= 4 is 29.1 Å². The molecule has 0 unspecified atom stereocenters. The fraction of sp³-hybridized carbons (Fsp3) is 0.929. The zero-order valence-electron chi connectivity index (χ0n) is 11.7. The van der Waals surface area contributed by atoms with Crippen LogP contribution < -0.4 is 5.32 Å². The summed E-state index contributed by atoms with van der Waals surface area (Å²) in [6, 6.07) is 0.634. The highest BCUT2D eigenvalue weighted by molar-refractivity contribution is 8.00. The molecule has 1 aliphatic heterocycles. The molecule has 1 N–H and O–H groups in total. The highest BCUT2D eigenvalue weighted by Gasteiger charge is 2.25. The van der Waals surface area contributed by atoms with Gasteiger partial charge in [0.05, 0.1) is 0 Å². The smallest absolute Gasteiger partial charge is 0.169 e. The van der Waals surface area contributed by atoms with Crippen molar-refractivity contribution in [3.8, 4) is 0 Å². The fourth-order valence-electron chi connectivity index (χ4n) is 2.74. The van der Waals surface area contributed by atoms with Crippen LogP contribution in [0.15, 0.2) is 0 Å². The Kier molecular flexibility index (Phi) is 5.19. The van der Waals surface area contributed by atoms with Crippen LogP contribution in [0.2, 0.25) is 0 Å². The number of nitrogens with one attached hydrogen (secondary N) is 1. The van der Waals surface area contributed by atoms with E-state index >= 15 is 0 Å². The third kappa shape index (κ3) is 4.30. The number of thiocarbonyl (C=S) groups is 1. The molecule has 2 nitrogen and oxygen atoms in total. The van der Waals surface area contributed by atoms with Gasteiger partial charge in [0.1, 0.15) is 0 Å². The predicted molar refractivity (Wildman–Crippen MR) is 85.3 cm³/mol. The summed E-state index contributed by atoms with van der Waals surface area (Å²) in [5.41, 5.74) is 0. The largest absolute Gasteiger partial charge is 0.360 e. The van der Waals surface area contributed by atoms with Crippen LogP contribution in [0, 0.1) is 0 Å². The number of rotatable bonds is 1. The molecule has 0 atom stereocenters. The van der Waals surface area contributed by atoms with Crippen molar-refractivity contribution in [1.29, 1.82) is 0 Å². The van der Waals surface area contributed by atoms with Gasteiger partial charge in [0, 0.05) is 29.6 Å². The molecule has 2 aliphatic rings. The molecule has 1 saturated carbocycles. The first-order valence-electron chi connectivity index (χ1n) is 7.26. The Balaban J connectivity index is 1.81. The molecular weight excluding hydrogens is 260 g/mol. The molecule has 1 heterocycles. The van der Waals surface area contributed by atoms with Crippen LogP contribution >= 0.6 is 24.0 Å². The van der Waals surface area contributed by atoms with Crippen LogP contribution in [0.1, 0.15) is 52.4 Å². The Morgan fingerprint density at radius 2 is 1.94 bits per heavy atom. The summed E-state index contributed by atoms with van der Waals surface area (Å²) in [6.07, 6.45) is 7.96. The average Bonchev–Trinajstić information content (AvgIpc) is 2.51. The maximum atomic E-state index is 5.60. The van der Waals surface area contributed by atoms with Crippen LogP contribution in [-0.4, -0.2) is 39.6 Å². The molecule has 0 spiro atoms. The highest BCUT2D eigenvalue weighted by Crippen LogP contribution is 2.30. The Bertz CT molecular complexity index is 286. The monoisotopic (exact) mass is 286 g/mol. The lowest BCUT2D eigenvalue weighted by Gasteiger charge is -2.30. The average molecular weight is 287 g/mol. The van der Waals surface area contributed by atoms with Gasteiger partial charge in [0.2, 0.25) is 0 Å². The first-order valence-corrected chi connectivity index (χ1v) is 8.66. The fourth-order valence-corrected chi connectivity index (χ4v) is 4.19. The molecule has 0 aromatic rings. The van der Waals surface area contributed by atoms with Crippen molar-refractivity contribution in [2.24, 2.45) is 0 Å². The SMILES string of the molecule is CC1(C)CCN(C(=S)NC2CCCCC2)CCS1. The van der Waals surface area contributed by atoms with E-state index in [4.69, 9.17) is 12.2 Å². The van der Waals surface area contributed by atoms with E-state index in [1.54, 1.807) is 0 Å². The standard InChI is InChI=1S/C14H26N2S2/c1-14(2)8-9-16(10-11-18-14)13(17)15-12-6-4-3-5-7-12/h12H,3-11H2,1-2H3,(H,15,17). The number of hydrogen-bond donors (Lipinski definition) is 1. The minimum absolute atomic E-state index is 0.412. The van der Waals surface area contributed by atoms with Gasteiger partial charge in [-0.15, -0.1) is 0 Å². The van der Waals surface area contributed by atoms with Gasteiger partial charge >= 0.3 is 0 Å². The zero-order valence-corrected chi connectivity index (χ0v) is 13.3. The normalized spacial score (nSPS) is 25.6. The summed E-state index contributed by atoms with van der Waals surface area (Å²) < 4.78 is 0.412. The second-order valence-electron chi connectivity index (χ2n) is 6.13. The van der Waals surface area contributed by atoms with Gasteiger partial charge in [-0.25, -0.2) is 0 Å². The summed E-state index contributed by atoms with van der Waals surface area (Å²) in [5, 5.41) is 4.59. The molecule has 1 aliphatic carbocycles. The highest BCUT2D eigenvalue weighted by atomic mass is 32.2. The Morgan fingerprint density at radius 3 is 2.67 bits per heavy atom. The first kappa shape index (κ1) is 14.4. The van der Waals surface area contributed by atoms with Crippen molar-refractivity contribution in [1.82, 2.24) is 10.2 Å².